The minimum atomic E-state index is 0.0474. The van der Waals surface area contributed by atoms with Crippen LogP contribution in [0.1, 0.15) is 36.5 Å². The molecule has 2 aromatic rings. The van der Waals surface area contributed by atoms with E-state index in [9.17, 15) is 4.79 Å². The first kappa shape index (κ1) is 11.3. The average molecular weight is 242 g/mol. The topological polar surface area (TPSA) is 44.9 Å². The van der Waals surface area contributed by atoms with Crippen molar-refractivity contribution in [2.75, 3.05) is 0 Å². The number of hydrogen-bond acceptors (Lipinski definition) is 1. The lowest BCUT2D eigenvalue weighted by Gasteiger charge is -2.16. The van der Waals surface area contributed by atoms with Gasteiger partial charge in [0.1, 0.15) is 0 Å². The van der Waals surface area contributed by atoms with Crippen LogP contribution < -0.4 is 5.32 Å². The molecule has 2 atom stereocenters. The van der Waals surface area contributed by atoms with Gasteiger partial charge in [-0.05, 0) is 24.8 Å². The highest BCUT2D eigenvalue weighted by molar-refractivity contribution is 6.06. The van der Waals surface area contributed by atoms with E-state index in [1.54, 1.807) is 6.20 Å². The van der Waals surface area contributed by atoms with Gasteiger partial charge in [-0.25, -0.2) is 0 Å². The first-order valence-electron chi connectivity index (χ1n) is 6.62. The first-order valence-corrected chi connectivity index (χ1v) is 6.62. The third-order valence-electron chi connectivity index (χ3n) is 4.01. The fourth-order valence-electron chi connectivity index (χ4n) is 2.87. The average Bonchev–Trinajstić information content (AvgIpc) is 2.96. The molecule has 1 aromatic carbocycles. The molecule has 1 fully saturated rings. The minimum absolute atomic E-state index is 0.0474. The van der Waals surface area contributed by atoms with Crippen LogP contribution in [0.15, 0.2) is 30.5 Å². The fourth-order valence-corrected chi connectivity index (χ4v) is 2.87. The van der Waals surface area contributed by atoms with Crippen LogP contribution in [-0.4, -0.2) is 16.9 Å². The standard InChI is InChI=1S/C15H18N2O/c1-10-5-4-8-13(10)17-15(18)12-9-16-14-7-3-2-6-11(12)14/h2-3,6-7,9-10,13,16H,4-5,8H2,1H3,(H,17,18). The molecule has 0 saturated heterocycles. The largest absolute Gasteiger partial charge is 0.360 e. The van der Waals surface area contributed by atoms with Crippen molar-refractivity contribution in [3.8, 4) is 0 Å². The van der Waals surface area contributed by atoms with Gasteiger partial charge in [-0.1, -0.05) is 31.5 Å². The number of aromatic amines is 1. The number of hydrogen-bond donors (Lipinski definition) is 2. The van der Waals surface area contributed by atoms with Gasteiger partial charge in [0.25, 0.3) is 5.91 Å². The highest BCUT2D eigenvalue weighted by atomic mass is 16.1. The number of nitrogens with one attached hydrogen (secondary N) is 2. The Balaban J connectivity index is 1.84. The number of carbonyl (C=O) groups is 1. The summed E-state index contributed by atoms with van der Waals surface area (Å²) < 4.78 is 0. The summed E-state index contributed by atoms with van der Waals surface area (Å²) in [5.74, 6) is 0.644. The third-order valence-corrected chi connectivity index (χ3v) is 4.01. The number of H-pyrrole nitrogens is 1. The molecule has 3 heteroatoms. The zero-order valence-electron chi connectivity index (χ0n) is 10.6. The van der Waals surface area contributed by atoms with Crippen molar-refractivity contribution in [3.63, 3.8) is 0 Å². The zero-order valence-corrected chi connectivity index (χ0v) is 10.6. The van der Waals surface area contributed by atoms with Crippen LogP contribution in [0.2, 0.25) is 0 Å². The maximum absolute atomic E-state index is 12.3. The predicted molar refractivity (Wildman–Crippen MR) is 72.6 cm³/mol. The minimum Gasteiger partial charge on any atom is -0.360 e. The van der Waals surface area contributed by atoms with Crippen molar-refractivity contribution in [2.45, 2.75) is 32.2 Å². The quantitative estimate of drug-likeness (QED) is 0.835. The molecule has 1 heterocycles. The van der Waals surface area contributed by atoms with Gasteiger partial charge in [0.15, 0.2) is 0 Å². The van der Waals surface area contributed by atoms with Gasteiger partial charge in [0, 0.05) is 23.1 Å². The maximum atomic E-state index is 12.3. The molecule has 1 aliphatic rings. The normalized spacial score (nSPS) is 23.4. The van der Waals surface area contributed by atoms with E-state index in [1.165, 1.54) is 12.8 Å². The Kier molecular flexibility index (Phi) is 2.82. The fraction of sp³-hybridized carbons (Fsp3) is 0.400. The second kappa shape index (κ2) is 4.48. The van der Waals surface area contributed by atoms with Crippen molar-refractivity contribution in [3.05, 3.63) is 36.0 Å². The molecule has 2 N–H and O–H groups in total. The van der Waals surface area contributed by atoms with Crippen molar-refractivity contribution < 1.29 is 4.79 Å². The van der Waals surface area contributed by atoms with E-state index in [0.29, 0.717) is 12.0 Å². The molecule has 0 bridgehead atoms. The highest BCUT2D eigenvalue weighted by Gasteiger charge is 2.25. The summed E-state index contributed by atoms with van der Waals surface area (Å²) >= 11 is 0. The van der Waals surface area contributed by atoms with Crippen molar-refractivity contribution in [1.29, 1.82) is 0 Å². The van der Waals surface area contributed by atoms with E-state index in [2.05, 4.69) is 17.2 Å². The van der Waals surface area contributed by atoms with E-state index in [1.807, 2.05) is 24.3 Å². The molecule has 0 spiro atoms. The van der Waals surface area contributed by atoms with Crippen molar-refractivity contribution >= 4 is 16.8 Å². The Morgan fingerprint density at radius 3 is 2.94 bits per heavy atom. The summed E-state index contributed by atoms with van der Waals surface area (Å²) in [4.78, 5) is 15.4. The lowest BCUT2D eigenvalue weighted by atomic mass is 10.1. The molecule has 1 saturated carbocycles. The highest BCUT2D eigenvalue weighted by Crippen LogP contribution is 2.25. The summed E-state index contributed by atoms with van der Waals surface area (Å²) in [5.41, 5.74) is 1.77. The number of carbonyl (C=O) groups excluding carboxylic acids is 1. The number of benzene rings is 1. The molecule has 3 rings (SSSR count). The second-order valence-electron chi connectivity index (χ2n) is 5.24. The number of amides is 1. The molecule has 94 valence electrons. The van der Waals surface area contributed by atoms with Crippen LogP contribution in [0.25, 0.3) is 10.9 Å². The number of para-hydroxylation sites is 1. The lowest BCUT2D eigenvalue weighted by molar-refractivity contribution is 0.0931. The SMILES string of the molecule is CC1CCCC1NC(=O)c1c[nH]c2ccccc12. The molecule has 0 aliphatic heterocycles. The van der Waals surface area contributed by atoms with Crippen LogP contribution in [0.3, 0.4) is 0 Å². The van der Waals surface area contributed by atoms with E-state index in [4.69, 9.17) is 0 Å². The second-order valence-corrected chi connectivity index (χ2v) is 5.24. The Morgan fingerprint density at radius 2 is 2.17 bits per heavy atom. The molecular formula is C15H18N2O. The van der Waals surface area contributed by atoms with Gasteiger partial charge in [0.2, 0.25) is 0 Å². The Hall–Kier alpha value is -1.77. The van der Waals surface area contributed by atoms with Gasteiger partial charge in [-0.15, -0.1) is 0 Å². The van der Waals surface area contributed by atoms with Crippen LogP contribution in [0.4, 0.5) is 0 Å². The molecular weight excluding hydrogens is 224 g/mol. The van der Waals surface area contributed by atoms with Gasteiger partial charge in [-0.3, -0.25) is 4.79 Å². The van der Waals surface area contributed by atoms with Gasteiger partial charge < -0.3 is 10.3 Å². The molecule has 1 aliphatic carbocycles. The van der Waals surface area contributed by atoms with Crippen molar-refractivity contribution in [2.24, 2.45) is 5.92 Å². The Morgan fingerprint density at radius 1 is 1.33 bits per heavy atom. The third kappa shape index (κ3) is 1.90. The number of rotatable bonds is 2. The van der Waals surface area contributed by atoms with Gasteiger partial charge >= 0.3 is 0 Å². The van der Waals surface area contributed by atoms with E-state index >= 15 is 0 Å². The first-order chi connectivity index (χ1) is 8.75. The monoisotopic (exact) mass is 242 g/mol. The molecule has 3 nitrogen and oxygen atoms in total. The number of fused-ring (bicyclic) bond motifs is 1. The zero-order chi connectivity index (χ0) is 12.5. The van der Waals surface area contributed by atoms with Crippen LogP contribution >= 0.6 is 0 Å². The molecule has 0 radical (unpaired) electrons. The summed E-state index contributed by atoms with van der Waals surface area (Å²) in [5, 5.41) is 4.16. The Labute approximate surface area is 107 Å². The lowest BCUT2D eigenvalue weighted by Crippen LogP contribution is -2.36. The molecule has 1 aromatic heterocycles. The summed E-state index contributed by atoms with van der Waals surface area (Å²) in [6.45, 7) is 2.22. The Bertz CT molecular complexity index is 573. The van der Waals surface area contributed by atoms with Gasteiger partial charge in [0.05, 0.1) is 5.56 Å². The predicted octanol–water partition coefficient (Wildman–Crippen LogP) is 3.09. The van der Waals surface area contributed by atoms with Crippen molar-refractivity contribution in [1.82, 2.24) is 10.3 Å². The number of aromatic nitrogens is 1. The van der Waals surface area contributed by atoms with Crippen LogP contribution in [0, 0.1) is 5.92 Å². The summed E-state index contributed by atoms with van der Waals surface area (Å²) in [7, 11) is 0. The van der Waals surface area contributed by atoms with Crippen LogP contribution in [-0.2, 0) is 0 Å². The molecule has 2 unspecified atom stereocenters. The van der Waals surface area contributed by atoms with Gasteiger partial charge in [-0.2, -0.15) is 0 Å². The molecule has 18 heavy (non-hydrogen) atoms. The van der Waals surface area contributed by atoms with Crippen LogP contribution in [0.5, 0.6) is 0 Å². The summed E-state index contributed by atoms with van der Waals surface area (Å²) in [6, 6.07) is 8.25. The van der Waals surface area contributed by atoms with E-state index < -0.39 is 0 Å². The smallest absolute Gasteiger partial charge is 0.253 e. The molecule has 1 amide bonds. The maximum Gasteiger partial charge on any atom is 0.253 e. The van der Waals surface area contributed by atoms with E-state index in [0.717, 1.165) is 22.9 Å². The van der Waals surface area contributed by atoms with E-state index in [-0.39, 0.29) is 5.91 Å². The summed E-state index contributed by atoms with van der Waals surface area (Å²) in [6.07, 6.45) is 5.35.